The molecule has 3 heterocycles. The van der Waals surface area contributed by atoms with Crippen molar-refractivity contribution in [2.45, 2.75) is 30.6 Å². The highest BCUT2D eigenvalue weighted by molar-refractivity contribution is 7.90. The number of hydrogen-bond donors (Lipinski definition) is 0. The van der Waals surface area contributed by atoms with Crippen molar-refractivity contribution >= 4 is 15.7 Å². The molecule has 7 nitrogen and oxygen atoms in total. The van der Waals surface area contributed by atoms with E-state index in [1.54, 1.807) is 35.4 Å². The maximum atomic E-state index is 12.7. The smallest absolute Gasteiger partial charge is 0.255 e. The molecule has 2 aromatic rings. The predicted molar refractivity (Wildman–Crippen MR) is 101 cm³/mol. The fraction of sp³-hybridized carbons (Fsp3) is 0.421. The van der Waals surface area contributed by atoms with Crippen molar-refractivity contribution in [3.05, 3.63) is 47.9 Å². The monoisotopic (exact) mass is 389 g/mol. The normalized spacial score (nSPS) is 15.6. The van der Waals surface area contributed by atoms with Gasteiger partial charge in [0.15, 0.2) is 9.84 Å². The fourth-order valence-electron chi connectivity index (χ4n) is 3.30. The van der Waals surface area contributed by atoms with E-state index < -0.39 is 9.84 Å². The highest BCUT2D eigenvalue weighted by Crippen LogP contribution is 2.31. The number of likely N-dealkylation sites (tertiary alicyclic amines) is 1. The minimum absolute atomic E-state index is 0.0263. The number of nitrogens with zero attached hydrogens (tertiary/aromatic N) is 3. The van der Waals surface area contributed by atoms with Crippen LogP contribution in [0, 0.1) is 0 Å². The molecule has 0 unspecified atom stereocenters. The van der Waals surface area contributed by atoms with E-state index in [9.17, 15) is 13.2 Å². The SMILES string of the molecule is CCOc1ccc(C(=O)N2CCC(c3ncccc3S(C)(=O)=O)CC2)cn1. The van der Waals surface area contributed by atoms with Crippen LogP contribution in [-0.4, -0.2) is 55.1 Å². The first-order chi connectivity index (χ1) is 12.9. The molecule has 0 aromatic carbocycles. The van der Waals surface area contributed by atoms with Gasteiger partial charge in [-0.25, -0.2) is 13.4 Å². The number of amides is 1. The third-order valence-corrected chi connectivity index (χ3v) is 5.79. The van der Waals surface area contributed by atoms with Crippen LogP contribution in [0.15, 0.2) is 41.6 Å². The Hall–Kier alpha value is -2.48. The van der Waals surface area contributed by atoms with Crippen molar-refractivity contribution < 1.29 is 17.9 Å². The molecule has 0 aliphatic carbocycles. The van der Waals surface area contributed by atoms with Crippen molar-refractivity contribution in [1.82, 2.24) is 14.9 Å². The zero-order valence-corrected chi connectivity index (χ0v) is 16.3. The second-order valence-corrected chi connectivity index (χ2v) is 8.53. The lowest BCUT2D eigenvalue weighted by Crippen LogP contribution is -2.38. The predicted octanol–water partition coefficient (Wildman–Crippen LogP) is 2.30. The molecule has 3 rings (SSSR count). The number of piperidine rings is 1. The molecule has 0 bridgehead atoms. The molecular weight excluding hydrogens is 366 g/mol. The van der Waals surface area contributed by atoms with Crippen LogP contribution in [-0.2, 0) is 9.84 Å². The van der Waals surface area contributed by atoms with Crippen LogP contribution in [0.4, 0.5) is 0 Å². The minimum atomic E-state index is -3.33. The summed E-state index contributed by atoms with van der Waals surface area (Å²) in [5.41, 5.74) is 1.13. The molecule has 27 heavy (non-hydrogen) atoms. The summed E-state index contributed by atoms with van der Waals surface area (Å²) >= 11 is 0. The van der Waals surface area contributed by atoms with Gasteiger partial charge in [-0.15, -0.1) is 0 Å². The van der Waals surface area contributed by atoms with Crippen molar-refractivity contribution in [3.8, 4) is 5.88 Å². The van der Waals surface area contributed by atoms with E-state index in [4.69, 9.17) is 4.74 Å². The molecule has 1 fully saturated rings. The number of hydrogen-bond acceptors (Lipinski definition) is 6. The molecule has 0 radical (unpaired) electrons. The van der Waals surface area contributed by atoms with Crippen LogP contribution in [0.25, 0.3) is 0 Å². The van der Waals surface area contributed by atoms with E-state index in [0.29, 0.717) is 49.7 Å². The minimum Gasteiger partial charge on any atom is -0.478 e. The molecule has 1 amide bonds. The van der Waals surface area contributed by atoms with Crippen LogP contribution in [0.1, 0.15) is 41.7 Å². The van der Waals surface area contributed by atoms with Gasteiger partial charge in [-0.2, -0.15) is 0 Å². The Bertz CT molecular complexity index is 905. The van der Waals surface area contributed by atoms with Gasteiger partial charge in [0, 0.05) is 43.7 Å². The molecule has 0 spiro atoms. The number of sulfone groups is 1. The highest BCUT2D eigenvalue weighted by Gasteiger charge is 2.28. The highest BCUT2D eigenvalue weighted by atomic mass is 32.2. The standard InChI is InChI=1S/C19H23N3O4S/c1-3-26-17-7-6-15(13-21-17)19(23)22-11-8-14(9-12-22)18-16(27(2,24)25)5-4-10-20-18/h4-7,10,13-14H,3,8-9,11-12H2,1-2H3. The lowest BCUT2D eigenvalue weighted by Gasteiger charge is -2.32. The average molecular weight is 389 g/mol. The zero-order chi connectivity index (χ0) is 19.4. The van der Waals surface area contributed by atoms with E-state index in [0.717, 1.165) is 0 Å². The first-order valence-corrected chi connectivity index (χ1v) is 10.8. The summed E-state index contributed by atoms with van der Waals surface area (Å²) in [6, 6.07) is 6.64. The Balaban J connectivity index is 1.68. The average Bonchev–Trinajstić information content (AvgIpc) is 2.68. The maximum absolute atomic E-state index is 12.7. The first-order valence-electron chi connectivity index (χ1n) is 8.93. The van der Waals surface area contributed by atoms with Gasteiger partial charge in [-0.1, -0.05) is 0 Å². The third-order valence-electron chi connectivity index (χ3n) is 4.64. The largest absolute Gasteiger partial charge is 0.478 e. The second kappa shape index (κ2) is 8.04. The van der Waals surface area contributed by atoms with E-state index in [1.165, 1.54) is 12.5 Å². The fourth-order valence-corrected chi connectivity index (χ4v) is 4.23. The van der Waals surface area contributed by atoms with Crippen LogP contribution in [0.2, 0.25) is 0 Å². The second-order valence-electron chi connectivity index (χ2n) is 6.54. The molecule has 1 aliphatic rings. The molecule has 1 aliphatic heterocycles. The number of carbonyl (C=O) groups is 1. The molecule has 0 atom stereocenters. The summed E-state index contributed by atoms with van der Waals surface area (Å²) in [5, 5.41) is 0. The van der Waals surface area contributed by atoms with Gasteiger partial charge in [0.05, 0.1) is 22.8 Å². The van der Waals surface area contributed by atoms with E-state index in [-0.39, 0.29) is 16.7 Å². The van der Waals surface area contributed by atoms with Gasteiger partial charge < -0.3 is 9.64 Å². The first kappa shape index (κ1) is 19.3. The van der Waals surface area contributed by atoms with Gasteiger partial charge in [-0.3, -0.25) is 9.78 Å². The van der Waals surface area contributed by atoms with Crippen LogP contribution >= 0.6 is 0 Å². The van der Waals surface area contributed by atoms with E-state index >= 15 is 0 Å². The van der Waals surface area contributed by atoms with Crippen molar-refractivity contribution in [3.63, 3.8) is 0 Å². The Morgan fingerprint density at radius 1 is 1.22 bits per heavy atom. The molecule has 144 valence electrons. The topological polar surface area (TPSA) is 89.5 Å². The summed E-state index contributed by atoms with van der Waals surface area (Å²) < 4.78 is 29.3. The Morgan fingerprint density at radius 2 is 1.96 bits per heavy atom. The summed E-state index contributed by atoms with van der Waals surface area (Å²) in [6.45, 7) is 3.51. The number of rotatable bonds is 5. The van der Waals surface area contributed by atoms with Crippen molar-refractivity contribution in [2.75, 3.05) is 26.0 Å². The summed E-state index contributed by atoms with van der Waals surface area (Å²) in [6.07, 6.45) is 5.70. The van der Waals surface area contributed by atoms with Crippen molar-refractivity contribution in [2.24, 2.45) is 0 Å². The van der Waals surface area contributed by atoms with E-state index in [2.05, 4.69) is 9.97 Å². The lowest BCUT2D eigenvalue weighted by atomic mass is 9.92. The molecule has 0 N–H and O–H groups in total. The Morgan fingerprint density at radius 3 is 2.56 bits per heavy atom. The van der Waals surface area contributed by atoms with Crippen LogP contribution in [0.5, 0.6) is 5.88 Å². The zero-order valence-electron chi connectivity index (χ0n) is 15.5. The molecule has 0 saturated carbocycles. The van der Waals surface area contributed by atoms with Gasteiger partial charge >= 0.3 is 0 Å². The van der Waals surface area contributed by atoms with Gasteiger partial charge in [0.25, 0.3) is 5.91 Å². The number of pyridine rings is 2. The molecule has 8 heteroatoms. The van der Waals surface area contributed by atoms with Gasteiger partial charge in [0.2, 0.25) is 5.88 Å². The third kappa shape index (κ3) is 4.44. The summed E-state index contributed by atoms with van der Waals surface area (Å²) in [7, 11) is -3.33. The number of carbonyl (C=O) groups excluding carboxylic acids is 1. The maximum Gasteiger partial charge on any atom is 0.255 e. The summed E-state index contributed by atoms with van der Waals surface area (Å²) in [5.74, 6) is 0.447. The quantitative estimate of drug-likeness (QED) is 0.779. The molecule has 1 saturated heterocycles. The Labute approximate surface area is 159 Å². The lowest BCUT2D eigenvalue weighted by molar-refractivity contribution is 0.0711. The number of aromatic nitrogens is 2. The van der Waals surface area contributed by atoms with Gasteiger partial charge in [0.1, 0.15) is 0 Å². The summed E-state index contributed by atoms with van der Waals surface area (Å²) in [4.78, 5) is 23.2. The van der Waals surface area contributed by atoms with Crippen LogP contribution in [0.3, 0.4) is 0 Å². The van der Waals surface area contributed by atoms with E-state index in [1.807, 2.05) is 6.92 Å². The van der Waals surface area contributed by atoms with Gasteiger partial charge in [-0.05, 0) is 38.0 Å². The molecule has 2 aromatic heterocycles. The molecular formula is C19H23N3O4S. The number of ether oxygens (including phenoxy) is 1. The Kier molecular flexibility index (Phi) is 5.74. The van der Waals surface area contributed by atoms with Crippen LogP contribution < -0.4 is 4.74 Å². The van der Waals surface area contributed by atoms with Crippen molar-refractivity contribution in [1.29, 1.82) is 0 Å².